The molecule has 20 heavy (non-hydrogen) atoms. The fourth-order valence-electron chi connectivity index (χ4n) is 1.93. The molecule has 8 heteroatoms. The van der Waals surface area contributed by atoms with Crippen molar-refractivity contribution in [3.63, 3.8) is 0 Å². The zero-order valence-corrected chi connectivity index (χ0v) is 12.1. The highest BCUT2D eigenvalue weighted by atomic mass is 32.1. The Morgan fingerprint density at radius 3 is 2.65 bits per heavy atom. The normalized spacial score (nSPS) is 10.9. The van der Waals surface area contributed by atoms with Crippen molar-refractivity contribution in [2.75, 3.05) is 5.43 Å². The molecule has 0 spiro atoms. The molecule has 0 bridgehead atoms. The minimum atomic E-state index is -0.296. The molecule has 0 aliphatic carbocycles. The molecule has 0 aliphatic heterocycles. The summed E-state index contributed by atoms with van der Waals surface area (Å²) in [5, 5.41) is 0. The number of nitrogens with one attached hydrogen (secondary N) is 1. The van der Waals surface area contributed by atoms with Crippen LogP contribution in [0.2, 0.25) is 0 Å². The third-order valence-electron chi connectivity index (χ3n) is 2.76. The standard InChI is InChI=1S/C12H10FN5S2/c1-6-15-10(17-14)9-11(16-6)18(12(19)20-9)8-4-2-7(13)3-5-8/h2-5H,14H2,1H3,(H,15,16,17). The molecule has 0 unspecified atom stereocenters. The van der Waals surface area contributed by atoms with Crippen molar-refractivity contribution in [2.24, 2.45) is 5.84 Å². The molecular weight excluding hydrogens is 297 g/mol. The van der Waals surface area contributed by atoms with Crippen LogP contribution >= 0.6 is 23.6 Å². The van der Waals surface area contributed by atoms with Gasteiger partial charge in [-0.05, 0) is 43.4 Å². The summed E-state index contributed by atoms with van der Waals surface area (Å²) in [6.07, 6.45) is 0. The molecule has 3 rings (SSSR count). The number of benzene rings is 1. The van der Waals surface area contributed by atoms with E-state index in [1.165, 1.54) is 23.5 Å². The van der Waals surface area contributed by atoms with Gasteiger partial charge in [0.15, 0.2) is 15.4 Å². The predicted octanol–water partition coefficient (Wildman–Crippen LogP) is 2.94. The summed E-state index contributed by atoms with van der Waals surface area (Å²) >= 11 is 6.72. The summed E-state index contributed by atoms with van der Waals surface area (Å²) in [6.45, 7) is 1.77. The fraction of sp³-hybridized carbons (Fsp3) is 0.0833. The first kappa shape index (κ1) is 13.1. The van der Waals surface area contributed by atoms with Crippen LogP contribution in [0.1, 0.15) is 5.82 Å². The average Bonchev–Trinajstić information content (AvgIpc) is 2.75. The highest BCUT2D eigenvalue weighted by molar-refractivity contribution is 7.73. The molecular formula is C12H10FN5S2. The van der Waals surface area contributed by atoms with Crippen LogP contribution in [0, 0.1) is 16.7 Å². The van der Waals surface area contributed by atoms with Gasteiger partial charge >= 0.3 is 0 Å². The van der Waals surface area contributed by atoms with Gasteiger partial charge in [0.1, 0.15) is 16.3 Å². The van der Waals surface area contributed by atoms with E-state index in [0.29, 0.717) is 21.2 Å². The Morgan fingerprint density at radius 2 is 2.00 bits per heavy atom. The van der Waals surface area contributed by atoms with Gasteiger partial charge in [0.25, 0.3) is 0 Å². The number of nitrogens with zero attached hydrogens (tertiary/aromatic N) is 3. The SMILES string of the molecule is Cc1nc(NN)c2sc(=S)n(-c3ccc(F)cc3)c2n1. The maximum Gasteiger partial charge on any atom is 0.168 e. The molecule has 3 N–H and O–H groups in total. The van der Waals surface area contributed by atoms with Crippen LogP contribution in [-0.2, 0) is 0 Å². The van der Waals surface area contributed by atoms with Crippen molar-refractivity contribution < 1.29 is 4.39 Å². The highest BCUT2D eigenvalue weighted by Gasteiger charge is 2.14. The van der Waals surface area contributed by atoms with Gasteiger partial charge in [-0.3, -0.25) is 4.57 Å². The minimum Gasteiger partial charge on any atom is -0.307 e. The van der Waals surface area contributed by atoms with E-state index in [2.05, 4.69) is 15.4 Å². The number of hydrogen-bond acceptors (Lipinski definition) is 6. The van der Waals surface area contributed by atoms with E-state index in [0.717, 1.165) is 10.4 Å². The molecule has 0 amide bonds. The Bertz CT molecular complexity index is 837. The van der Waals surface area contributed by atoms with Gasteiger partial charge in [-0.15, -0.1) is 0 Å². The third kappa shape index (κ3) is 2.07. The van der Waals surface area contributed by atoms with E-state index >= 15 is 0 Å². The summed E-state index contributed by atoms with van der Waals surface area (Å²) in [6, 6.07) is 6.09. The second kappa shape index (κ2) is 4.89. The van der Waals surface area contributed by atoms with Crippen LogP contribution in [0.3, 0.4) is 0 Å². The lowest BCUT2D eigenvalue weighted by Gasteiger charge is -2.06. The Labute approximate surface area is 122 Å². The quantitative estimate of drug-likeness (QED) is 0.433. The molecule has 1 aromatic carbocycles. The molecule has 0 saturated carbocycles. The van der Waals surface area contributed by atoms with Crippen molar-refractivity contribution in [3.05, 3.63) is 39.9 Å². The van der Waals surface area contributed by atoms with E-state index in [9.17, 15) is 4.39 Å². The summed E-state index contributed by atoms with van der Waals surface area (Å²) in [7, 11) is 0. The Kier molecular flexibility index (Phi) is 3.20. The predicted molar refractivity (Wildman–Crippen MR) is 80.1 cm³/mol. The van der Waals surface area contributed by atoms with Gasteiger partial charge in [-0.1, -0.05) is 11.3 Å². The van der Waals surface area contributed by atoms with Gasteiger partial charge in [0, 0.05) is 5.69 Å². The molecule has 0 aliphatic rings. The maximum atomic E-state index is 13.0. The maximum absolute atomic E-state index is 13.0. The van der Waals surface area contributed by atoms with E-state index in [1.54, 1.807) is 23.6 Å². The van der Waals surface area contributed by atoms with Crippen LogP contribution in [0.4, 0.5) is 10.2 Å². The third-order valence-corrected chi connectivity index (χ3v) is 4.13. The lowest BCUT2D eigenvalue weighted by atomic mass is 10.3. The molecule has 0 radical (unpaired) electrons. The number of hydrogen-bond donors (Lipinski definition) is 2. The monoisotopic (exact) mass is 307 g/mol. The van der Waals surface area contributed by atoms with Crippen molar-refractivity contribution in [2.45, 2.75) is 6.92 Å². The number of aryl methyl sites for hydroxylation is 1. The summed E-state index contributed by atoms with van der Waals surface area (Å²) in [4.78, 5) is 8.64. The van der Waals surface area contributed by atoms with E-state index < -0.39 is 0 Å². The highest BCUT2D eigenvalue weighted by Crippen LogP contribution is 2.29. The summed E-state index contributed by atoms with van der Waals surface area (Å²) in [5.74, 6) is 6.29. The molecule has 2 heterocycles. The second-order valence-corrected chi connectivity index (χ2v) is 5.74. The molecule has 0 saturated heterocycles. The second-order valence-electron chi connectivity index (χ2n) is 4.10. The van der Waals surface area contributed by atoms with E-state index in [-0.39, 0.29) is 5.82 Å². The summed E-state index contributed by atoms with van der Waals surface area (Å²) < 4.78 is 16.2. The number of fused-ring (bicyclic) bond motifs is 1. The lowest BCUT2D eigenvalue weighted by molar-refractivity contribution is 0.627. The first-order chi connectivity index (χ1) is 9.60. The Balaban J connectivity index is 2.36. The van der Waals surface area contributed by atoms with Crippen LogP contribution in [0.15, 0.2) is 24.3 Å². The van der Waals surface area contributed by atoms with Crippen LogP contribution in [-0.4, -0.2) is 14.5 Å². The topological polar surface area (TPSA) is 68.8 Å². The van der Waals surface area contributed by atoms with Crippen molar-refractivity contribution in [1.29, 1.82) is 0 Å². The molecule has 5 nitrogen and oxygen atoms in total. The van der Waals surface area contributed by atoms with Gasteiger partial charge in [0.2, 0.25) is 0 Å². The van der Waals surface area contributed by atoms with Gasteiger partial charge in [0.05, 0.1) is 0 Å². The van der Waals surface area contributed by atoms with Crippen LogP contribution in [0.25, 0.3) is 16.0 Å². The lowest BCUT2D eigenvalue weighted by Crippen LogP contribution is -2.10. The number of hydrazine groups is 1. The number of aromatic nitrogens is 3. The van der Waals surface area contributed by atoms with Gasteiger partial charge in [-0.2, -0.15) is 0 Å². The van der Waals surface area contributed by atoms with Crippen molar-refractivity contribution in [1.82, 2.24) is 14.5 Å². The van der Waals surface area contributed by atoms with E-state index in [4.69, 9.17) is 18.1 Å². The Hall–Kier alpha value is -1.90. The smallest absolute Gasteiger partial charge is 0.168 e. The first-order valence-electron chi connectivity index (χ1n) is 5.73. The number of nitrogen functional groups attached to an aromatic ring is 1. The molecule has 3 aromatic rings. The number of thiazole rings is 1. The molecule has 0 atom stereocenters. The fourth-order valence-corrected chi connectivity index (χ4v) is 3.26. The number of anilines is 1. The van der Waals surface area contributed by atoms with Crippen molar-refractivity contribution in [3.8, 4) is 5.69 Å². The zero-order chi connectivity index (χ0) is 14.3. The Morgan fingerprint density at radius 1 is 1.30 bits per heavy atom. The zero-order valence-electron chi connectivity index (χ0n) is 10.4. The van der Waals surface area contributed by atoms with Gasteiger partial charge in [-0.25, -0.2) is 20.2 Å². The van der Waals surface area contributed by atoms with Crippen molar-refractivity contribution >= 4 is 39.7 Å². The minimum absolute atomic E-state index is 0.296. The van der Waals surface area contributed by atoms with Gasteiger partial charge < -0.3 is 5.43 Å². The molecule has 2 aromatic heterocycles. The van der Waals surface area contributed by atoms with Crippen LogP contribution < -0.4 is 11.3 Å². The first-order valence-corrected chi connectivity index (χ1v) is 6.95. The molecule has 102 valence electrons. The van der Waals surface area contributed by atoms with Crippen LogP contribution in [0.5, 0.6) is 0 Å². The van der Waals surface area contributed by atoms with E-state index in [1.807, 2.05) is 0 Å². The number of rotatable bonds is 2. The number of halogens is 1. The molecule has 0 fully saturated rings. The number of nitrogens with two attached hydrogens (primary N) is 1. The average molecular weight is 307 g/mol. The largest absolute Gasteiger partial charge is 0.307 e. The summed E-state index contributed by atoms with van der Waals surface area (Å²) in [5.41, 5.74) is 3.96.